The first-order chi connectivity index (χ1) is 11.8. The summed E-state index contributed by atoms with van der Waals surface area (Å²) in [6, 6.07) is 13.0. The molecule has 6 nitrogen and oxygen atoms in total. The third kappa shape index (κ3) is 4.56. The van der Waals surface area contributed by atoms with E-state index in [0.717, 1.165) is 16.1 Å². The van der Waals surface area contributed by atoms with Crippen molar-refractivity contribution in [3.05, 3.63) is 54.1 Å². The van der Waals surface area contributed by atoms with E-state index in [-0.39, 0.29) is 21.7 Å². The van der Waals surface area contributed by atoms with Crippen LogP contribution in [0.25, 0.3) is 0 Å². The summed E-state index contributed by atoms with van der Waals surface area (Å²) in [7, 11) is -6.00. The summed E-state index contributed by atoms with van der Waals surface area (Å²) >= 11 is 0. The van der Waals surface area contributed by atoms with Crippen molar-refractivity contribution in [3.8, 4) is 0 Å². The van der Waals surface area contributed by atoms with Gasteiger partial charge in [-0.2, -0.15) is 0 Å². The topological polar surface area (TPSA) is 83.6 Å². The van der Waals surface area contributed by atoms with Gasteiger partial charge in [0.15, 0.2) is 0 Å². The zero-order valence-electron chi connectivity index (χ0n) is 15.5. The van der Waals surface area contributed by atoms with Gasteiger partial charge in [-0.15, -0.1) is 0 Å². The summed E-state index contributed by atoms with van der Waals surface area (Å²) < 4.78 is 52.5. The lowest BCUT2D eigenvalue weighted by Gasteiger charge is -2.21. The second-order valence-electron chi connectivity index (χ2n) is 7.13. The number of para-hydroxylation sites is 2. The Morgan fingerprint density at radius 3 is 1.92 bits per heavy atom. The van der Waals surface area contributed by atoms with Gasteiger partial charge >= 0.3 is 0 Å². The molecule has 0 saturated carbocycles. The van der Waals surface area contributed by atoms with Crippen molar-refractivity contribution < 1.29 is 16.8 Å². The van der Waals surface area contributed by atoms with Crippen molar-refractivity contribution >= 4 is 31.4 Å². The van der Waals surface area contributed by atoms with Crippen LogP contribution in [-0.2, 0) is 25.5 Å². The second-order valence-corrected chi connectivity index (χ2v) is 10.8. The van der Waals surface area contributed by atoms with E-state index >= 15 is 0 Å². The molecule has 2 aromatic rings. The molecule has 0 atom stereocenters. The normalized spacial score (nSPS) is 12.7. The number of benzene rings is 2. The van der Waals surface area contributed by atoms with Crippen LogP contribution in [0.3, 0.4) is 0 Å². The Balaban J connectivity index is 2.39. The SMILES string of the molecule is CN(c1ccccc1NS(=O)(=O)c1ccc(C(C)(C)C)cc1)S(C)(=O)=O. The standard InChI is InChI=1S/C18H24N2O4S2/c1-18(2,3)14-10-12-15(13-11-14)26(23,24)19-16-8-6-7-9-17(16)20(4)25(5,21)22/h6-13,19H,1-5H3. The summed E-state index contributed by atoms with van der Waals surface area (Å²) in [6.45, 7) is 6.14. The highest BCUT2D eigenvalue weighted by Gasteiger charge is 2.21. The van der Waals surface area contributed by atoms with Crippen molar-refractivity contribution in [1.82, 2.24) is 0 Å². The lowest BCUT2D eigenvalue weighted by Crippen LogP contribution is -2.26. The summed E-state index contributed by atoms with van der Waals surface area (Å²) in [5.41, 5.74) is 1.39. The number of nitrogens with zero attached hydrogens (tertiary/aromatic N) is 1. The molecule has 0 spiro atoms. The molecule has 2 aromatic carbocycles. The minimum absolute atomic E-state index is 0.0828. The van der Waals surface area contributed by atoms with Gasteiger partial charge in [0.2, 0.25) is 10.0 Å². The van der Waals surface area contributed by atoms with Gasteiger partial charge in [0.05, 0.1) is 22.5 Å². The van der Waals surface area contributed by atoms with Gasteiger partial charge in [-0.3, -0.25) is 9.03 Å². The number of hydrogen-bond donors (Lipinski definition) is 1. The molecule has 0 aromatic heterocycles. The first-order valence-corrected chi connectivity index (χ1v) is 11.3. The fourth-order valence-electron chi connectivity index (χ4n) is 2.35. The van der Waals surface area contributed by atoms with Crippen molar-refractivity contribution in [3.63, 3.8) is 0 Å². The van der Waals surface area contributed by atoms with Crippen molar-refractivity contribution in [2.75, 3.05) is 22.3 Å². The highest BCUT2D eigenvalue weighted by molar-refractivity contribution is 7.93. The molecular formula is C18H24N2O4S2. The van der Waals surface area contributed by atoms with Crippen molar-refractivity contribution in [2.45, 2.75) is 31.1 Å². The highest BCUT2D eigenvalue weighted by Crippen LogP contribution is 2.29. The molecule has 0 saturated heterocycles. The number of rotatable bonds is 5. The molecular weight excluding hydrogens is 372 g/mol. The second kappa shape index (κ2) is 6.92. The molecule has 0 fully saturated rings. The van der Waals surface area contributed by atoms with E-state index in [0.29, 0.717) is 0 Å². The summed E-state index contributed by atoms with van der Waals surface area (Å²) in [5.74, 6) is 0. The van der Waals surface area contributed by atoms with Gasteiger partial charge in [-0.1, -0.05) is 45.0 Å². The van der Waals surface area contributed by atoms with Crippen LogP contribution in [0.15, 0.2) is 53.4 Å². The van der Waals surface area contributed by atoms with Crippen LogP contribution in [0.5, 0.6) is 0 Å². The molecule has 0 aliphatic heterocycles. The summed E-state index contributed by atoms with van der Waals surface area (Å²) in [5, 5.41) is 0. The quantitative estimate of drug-likeness (QED) is 0.841. The fourth-order valence-corrected chi connectivity index (χ4v) is 3.94. The maximum absolute atomic E-state index is 12.7. The number of nitrogens with one attached hydrogen (secondary N) is 1. The van der Waals surface area contributed by atoms with Gasteiger partial charge in [-0.25, -0.2) is 16.8 Å². The van der Waals surface area contributed by atoms with Gasteiger partial charge in [0, 0.05) is 7.05 Å². The van der Waals surface area contributed by atoms with Crippen LogP contribution in [0.2, 0.25) is 0 Å². The van der Waals surface area contributed by atoms with Crippen LogP contribution in [0, 0.1) is 0 Å². The molecule has 8 heteroatoms. The molecule has 0 radical (unpaired) electrons. The first kappa shape index (κ1) is 20.3. The Morgan fingerprint density at radius 2 is 1.42 bits per heavy atom. The van der Waals surface area contributed by atoms with Crippen LogP contribution in [-0.4, -0.2) is 30.1 Å². The van der Waals surface area contributed by atoms with Gasteiger partial charge in [0.25, 0.3) is 10.0 Å². The number of hydrogen-bond acceptors (Lipinski definition) is 4. The zero-order chi connectivity index (χ0) is 19.8. The lowest BCUT2D eigenvalue weighted by atomic mass is 9.87. The van der Waals surface area contributed by atoms with Crippen molar-refractivity contribution in [2.24, 2.45) is 0 Å². The predicted molar refractivity (Wildman–Crippen MR) is 106 cm³/mol. The Morgan fingerprint density at radius 1 is 0.885 bits per heavy atom. The monoisotopic (exact) mass is 396 g/mol. The van der Waals surface area contributed by atoms with E-state index in [9.17, 15) is 16.8 Å². The Hall–Kier alpha value is -2.06. The van der Waals surface area contributed by atoms with Crippen LogP contribution < -0.4 is 9.03 Å². The average Bonchev–Trinajstić information content (AvgIpc) is 2.53. The molecule has 2 rings (SSSR count). The molecule has 0 heterocycles. The molecule has 0 amide bonds. The van der Waals surface area contributed by atoms with Gasteiger partial charge < -0.3 is 0 Å². The molecule has 0 aliphatic rings. The van der Waals surface area contributed by atoms with Crippen LogP contribution in [0.4, 0.5) is 11.4 Å². The average molecular weight is 397 g/mol. The van der Waals surface area contributed by atoms with E-state index in [2.05, 4.69) is 4.72 Å². The number of sulfonamides is 2. The van der Waals surface area contributed by atoms with E-state index in [4.69, 9.17) is 0 Å². The van der Waals surface area contributed by atoms with Gasteiger partial charge in [0.1, 0.15) is 0 Å². The summed E-state index contributed by atoms with van der Waals surface area (Å²) in [6.07, 6.45) is 1.06. The van der Waals surface area contributed by atoms with Crippen LogP contribution >= 0.6 is 0 Å². The zero-order valence-corrected chi connectivity index (χ0v) is 17.1. The lowest BCUT2D eigenvalue weighted by molar-refractivity contribution is 0.587. The van der Waals surface area contributed by atoms with Gasteiger partial charge in [-0.05, 0) is 35.2 Å². The van der Waals surface area contributed by atoms with E-state index < -0.39 is 20.0 Å². The molecule has 1 N–H and O–H groups in total. The Bertz CT molecular complexity index is 990. The minimum atomic E-state index is -3.85. The van der Waals surface area contributed by atoms with E-state index in [1.807, 2.05) is 20.8 Å². The van der Waals surface area contributed by atoms with Crippen LogP contribution in [0.1, 0.15) is 26.3 Å². The molecule has 0 aliphatic carbocycles. The molecule has 142 valence electrons. The fraction of sp³-hybridized carbons (Fsp3) is 0.333. The minimum Gasteiger partial charge on any atom is -0.277 e. The highest BCUT2D eigenvalue weighted by atomic mass is 32.2. The maximum Gasteiger partial charge on any atom is 0.261 e. The molecule has 0 bridgehead atoms. The van der Waals surface area contributed by atoms with E-state index in [1.54, 1.807) is 42.5 Å². The number of anilines is 2. The smallest absolute Gasteiger partial charge is 0.261 e. The Labute approximate surface area is 156 Å². The molecule has 26 heavy (non-hydrogen) atoms. The largest absolute Gasteiger partial charge is 0.277 e. The van der Waals surface area contributed by atoms with Crippen molar-refractivity contribution in [1.29, 1.82) is 0 Å². The maximum atomic E-state index is 12.7. The molecule has 0 unspecified atom stereocenters. The third-order valence-corrected chi connectivity index (χ3v) is 6.59. The Kier molecular flexibility index (Phi) is 5.39. The first-order valence-electron chi connectivity index (χ1n) is 7.99. The predicted octanol–water partition coefficient (Wildman–Crippen LogP) is 3.18. The third-order valence-electron chi connectivity index (χ3n) is 4.02. The summed E-state index contributed by atoms with van der Waals surface area (Å²) in [4.78, 5) is 0.113. The van der Waals surface area contributed by atoms with E-state index in [1.165, 1.54) is 13.1 Å².